The Morgan fingerprint density at radius 3 is 2.74 bits per heavy atom. The Kier molecular flexibility index (Phi) is 5.11. The van der Waals surface area contributed by atoms with Crippen LogP contribution < -0.4 is 27.4 Å². The molecule has 6 heteroatoms. The topological polar surface area (TPSA) is 56.4 Å². The number of hydrogen-bond acceptors (Lipinski definition) is 3. The van der Waals surface area contributed by atoms with E-state index >= 15 is 0 Å². The molecule has 0 unspecified atom stereocenters. The van der Waals surface area contributed by atoms with Crippen LogP contribution in [0, 0.1) is 13.8 Å². The summed E-state index contributed by atoms with van der Waals surface area (Å²) in [7, 11) is 2.03. The van der Waals surface area contributed by atoms with Crippen LogP contribution in [0.15, 0.2) is 36.5 Å². The smallest absolute Gasteiger partial charge is 0.257 e. The van der Waals surface area contributed by atoms with E-state index in [9.17, 15) is 0 Å². The third-order valence-electron chi connectivity index (χ3n) is 4.06. The van der Waals surface area contributed by atoms with Gasteiger partial charge in [-0.3, -0.25) is 0 Å². The summed E-state index contributed by atoms with van der Waals surface area (Å²) in [5.74, 6) is 0.507. The fourth-order valence-corrected chi connectivity index (χ4v) is 2.51. The lowest BCUT2D eigenvalue weighted by Gasteiger charge is -2.02. The van der Waals surface area contributed by atoms with Gasteiger partial charge in [0.05, 0.1) is 18.5 Å². The maximum Gasteiger partial charge on any atom is 0.257 e. The summed E-state index contributed by atoms with van der Waals surface area (Å²) in [6.07, 6.45) is 2.84. The number of aromatic nitrogens is 3. The molecule has 0 saturated carbocycles. The van der Waals surface area contributed by atoms with Crippen molar-refractivity contribution in [1.82, 2.24) is 9.61 Å². The van der Waals surface area contributed by atoms with E-state index < -0.39 is 0 Å². The van der Waals surface area contributed by atoms with Gasteiger partial charge in [0.25, 0.3) is 5.88 Å². The van der Waals surface area contributed by atoms with Gasteiger partial charge in [-0.1, -0.05) is 12.1 Å². The van der Waals surface area contributed by atoms with Gasteiger partial charge in [-0.2, -0.15) is 0 Å². The van der Waals surface area contributed by atoms with Crippen molar-refractivity contribution in [1.29, 1.82) is 0 Å². The fraction of sp³-hybridized carbons (Fsp3) is 0.294. The molecule has 3 heterocycles. The normalized spacial score (nSPS) is 10.6. The molecular formula is C17H21ClN4O. The molecule has 0 aliphatic heterocycles. The second kappa shape index (κ2) is 6.87. The number of ether oxygens (including phenoxy) is 1. The lowest BCUT2D eigenvalue weighted by Crippen LogP contribution is -3.00. The second-order valence-electron chi connectivity index (χ2n) is 5.52. The van der Waals surface area contributed by atoms with Crippen molar-refractivity contribution in [3.8, 4) is 5.88 Å². The van der Waals surface area contributed by atoms with Crippen LogP contribution in [0.3, 0.4) is 0 Å². The summed E-state index contributed by atoms with van der Waals surface area (Å²) in [4.78, 5) is 0. The molecule has 2 N–H and O–H groups in total. The first-order valence-electron chi connectivity index (χ1n) is 7.38. The van der Waals surface area contributed by atoms with Crippen LogP contribution in [0.4, 0.5) is 5.69 Å². The number of aryl methyl sites for hydroxylation is 3. The van der Waals surface area contributed by atoms with Crippen molar-refractivity contribution in [3.63, 3.8) is 0 Å². The SMILES string of the molecule is Cc1ccc2c(N)c(OCCc3cccc[n+]3C)nn2c1C.[Cl-]. The quantitative estimate of drug-likeness (QED) is 0.623. The summed E-state index contributed by atoms with van der Waals surface area (Å²) >= 11 is 0. The number of fused-ring (bicyclic) bond motifs is 1. The van der Waals surface area contributed by atoms with Gasteiger partial charge in [-0.15, -0.1) is 5.10 Å². The molecule has 3 aromatic heterocycles. The molecule has 0 aliphatic rings. The van der Waals surface area contributed by atoms with Gasteiger partial charge in [0.2, 0.25) is 0 Å². The van der Waals surface area contributed by atoms with Crippen LogP contribution in [-0.4, -0.2) is 16.2 Å². The van der Waals surface area contributed by atoms with E-state index in [4.69, 9.17) is 10.5 Å². The monoisotopic (exact) mass is 332 g/mol. The van der Waals surface area contributed by atoms with Crippen LogP contribution in [0.2, 0.25) is 0 Å². The first kappa shape index (κ1) is 17.1. The molecule has 0 fully saturated rings. The maximum atomic E-state index is 6.15. The predicted octanol–water partition coefficient (Wildman–Crippen LogP) is -1.02. The number of anilines is 1. The van der Waals surface area contributed by atoms with Gasteiger partial charge >= 0.3 is 0 Å². The average molecular weight is 333 g/mol. The number of nitrogen functional groups attached to an aromatic ring is 1. The third-order valence-corrected chi connectivity index (χ3v) is 4.06. The first-order chi connectivity index (χ1) is 10.6. The minimum Gasteiger partial charge on any atom is -1.00 e. The Balaban J connectivity index is 0.00000192. The highest BCUT2D eigenvalue weighted by Crippen LogP contribution is 2.27. The fourth-order valence-electron chi connectivity index (χ4n) is 2.51. The predicted molar refractivity (Wildman–Crippen MR) is 85.9 cm³/mol. The molecule has 5 nitrogen and oxygen atoms in total. The maximum absolute atomic E-state index is 6.15. The minimum atomic E-state index is 0. The number of halogens is 1. The van der Waals surface area contributed by atoms with E-state index in [0.717, 1.165) is 17.6 Å². The van der Waals surface area contributed by atoms with Crippen molar-refractivity contribution >= 4 is 11.2 Å². The number of nitrogens with zero attached hydrogens (tertiary/aromatic N) is 3. The Labute approximate surface area is 142 Å². The van der Waals surface area contributed by atoms with E-state index in [1.54, 1.807) is 0 Å². The van der Waals surface area contributed by atoms with E-state index in [0.29, 0.717) is 18.2 Å². The zero-order valence-corrected chi connectivity index (χ0v) is 14.3. The van der Waals surface area contributed by atoms with Crippen LogP contribution in [0.5, 0.6) is 5.88 Å². The highest BCUT2D eigenvalue weighted by Gasteiger charge is 2.14. The highest BCUT2D eigenvalue weighted by molar-refractivity contribution is 5.75. The molecule has 0 radical (unpaired) electrons. The highest BCUT2D eigenvalue weighted by atomic mass is 35.5. The van der Waals surface area contributed by atoms with Crippen molar-refractivity contribution in [2.75, 3.05) is 12.3 Å². The van der Waals surface area contributed by atoms with Crippen LogP contribution in [-0.2, 0) is 13.5 Å². The lowest BCUT2D eigenvalue weighted by molar-refractivity contribution is -0.679. The zero-order chi connectivity index (χ0) is 15.7. The summed E-state index contributed by atoms with van der Waals surface area (Å²) in [5.41, 5.74) is 11.1. The van der Waals surface area contributed by atoms with Gasteiger partial charge in [-0.05, 0) is 25.5 Å². The number of nitrogens with two attached hydrogens (primary N) is 1. The molecule has 0 amide bonds. The standard InChI is InChI=1S/C17H21N4O.ClH/c1-12-7-8-15-16(18)17(19-21(15)13(12)2)22-11-9-14-6-4-5-10-20(14)3;/h4-8,10H,9,11,18H2,1-3H3;1H/q+1;/p-1. The molecule has 122 valence electrons. The first-order valence-corrected chi connectivity index (χ1v) is 7.38. The second-order valence-corrected chi connectivity index (χ2v) is 5.52. The molecule has 0 saturated heterocycles. The van der Waals surface area contributed by atoms with Crippen molar-refractivity contribution in [2.45, 2.75) is 20.3 Å². The Morgan fingerprint density at radius 1 is 1.22 bits per heavy atom. The van der Waals surface area contributed by atoms with Gasteiger partial charge in [0.15, 0.2) is 11.9 Å². The molecule has 3 rings (SSSR count). The van der Waals surface area contributed by atoms with Gasteiger partial charge < -0.3 is 22.9 Å². The van der Waals surface area contributed by atoms with E-state index in [1.807, 2.05) is 42.9 Å². The molecule has 0 bridgehead atoms. The molecule has 23 heavy (non-hydrogen) atoms. The lowest BCUT2D eigenvalue weighted by atomic mass is 10.2. The minimum absolute atomic E-state index is 0. The van der Waals surface area contributed by atoms with E-state index in [2.05, 4.69) is 28.7 Å². The Hall–Kier alpha value is -2.27. The Bertz CT molecular complexity index is 829. The molecular weight excluding hydrogens is 312 g/mol. The van der Waals surface area contributed by atoms with Crippen LogP contribution >= 0.6 is 0 Å². The summed E-state index contributed by atoms with van der Waals surface area (Å²) in [6, 6.07) is 10.2. The number of hydrogen-bond donors (Lipinski definition) is 1. The van der Waals surface area contributed by atoms with Gasteiger partial charge in [0.1, 0.15) is 12.7 Å². The molecule has 0 aliphatic carbocycles. The van der Waals surface area contributed by atoms with E-state index in [-0.39, 0.29) is 12.4 Å². The number of pyridine rings is 2. The van der Waals surface area contributed by atoms with Gasteiger partial charge in [0, 0.05) is 17.8 Å². The zero-order valence-electron chi connectivity index (χ0n) is 13.6. The van der Waals surface area contributed by atoms with Crippen molar-refractivity contribution in [3.05, 3.63) is 53.5 Å². The summed E-state index contributed by atoms with van der Waals surface area (Å²) in [6.45, 7) is 4.63. The molecule has 0 aromatic carbocycles. The third kappa shape index (κ3) is 3.24. The van der Waals surface area contributed by atoms with E-state index in [1.165, 1.54) is 11.3 Å². The number of rotatable bonds is 4. The van der Waals surface area contributed by atoms with Gasteiger partial charge in [-0.25, -0.2) is 9.08 Å². The molecule has 0 atom stereocenters. The molecule has 0 spiro atoms. The average Bonchev–Trinajstić information content (AvgIpc) is 2.83. The largest absolute Gasteiger partial charge is 1.00 e. The molecule has 3 aromatic rings. The van der Waals surface area contributed by atoms with Crippen LogP contribution in [0.1, 0.15) is 17.0 Å². The summed E-state index contributed by atoms with van der Waals surface area (Å²) in [5, 5.41) is 4.49. The Morgan fingerprint density at radius 2 is 2.00 bits per heavy atom. The summed E-state index contributed by atoms with van der Waals surface area (Å²) < 4.78 is 9.74. The van der Waals surface area contributed by atoms with Crippen molar-refractivity contribution < 1.29 is 21.7 Å². The van der Waals surface area contributed by atoms with Crippen molar-refractivity contribution in [2.24, 2.45) is 7.05 Å². The van der Waals surface area contributed by atoms with Crippen LogP contribution in [0.25, 0.3) is 5.52 Å².